The van der Waals surface area contributed by atoms with Crippen LogP contribution in [0.15, 0.2) is 62.9 Å². The largest absolute Gasteiger partial charge is 0.494 e. The molecule has 4 rings (SSSR count). The quantitative estimate of drug-likeness (QED) is 0.220. The number of halogens is 1. The summed E-state index contributed by atoms with van der Waals surface area (Å²) in [6.07, 6.45) is 1.43. The van der Waals surface area contributed by atoms with Crippen molar-refractivity contribution in [2.75, 3.05) is 20.3 Å². The van der Waals surface area contributed by atoms with E-state index in [-0.39, 0.29) is 17.2 Å². The molecule has 0 saturated heterocycles. The highest BCUT2D eigenvalue weighted by atomic mass is 79.9. The number of methoxy groups -OCH3 is 1. The topological polar surface area (TPSA) is 112 Å². The molecule has 1 N–H and O–H groups in total. The first-order valence-corrected chi connectivity index (χ1v) is 13.5. The highest BCUT2D eigenvalue weighted by molar-refractivity contribution is 9.10. The number of carboxylic acids is 1. The lowest BCUT2D eigenvalue weighted by atomic mass is 9.96. The van der Waals surface area contributed by atoms with Crippen molar-refractivity contribution >= 4 is 39.0 Å². The second-order valence-corrected chi connectivity index (χ2v) is 10.2. The Balaban J connectivity index is 1.97. The van der Waals surface area contributed by atoms with Crippen molar-refractivity contribution in [3.63, 3.8) is 0 Å². The monoisotopic (exact) mass is 607 g/mol. The van der Waals surface area contributed by atoms with Gasteiger partial charge in [0.15, 0.2) is 23.9 Å². The molecule has 1 aromatic heterocycles. The summed E-state index contributed by atoms with van der Waals surface area (Å²) in [4.78, 5) is 29.8. The summed E-state index contributed by atoms with van der Waals surface area (Å²) < 4.78 is 18.7. The van der Waals surface area contributed by atoms with Gasteiger partial charge in [0.25, 0.3) is 5.56 Å². The van der Waals surface area contributed by atoms with Gasteiger partial charge in [-0.1, -0.05) is 41.9 Å². The van der Waals surface area contributed by atoms with Crippen LogP contribution in [0.3, 0.4) is 0 Å². The number of fused-ring (bicyclic) bond motifs is 1. The Morgan fingerprint density at radius 1 is 1.15 bits per heavy atom. The van der Waals surface area contributed by atoms with Crippen molar-refractivity contribution in [1.29, 1.82) is 0 Å². The Labute approximate surface area is 240 Å². The molecule has 0 saturated carbocycles. The van der Waals surface area contributed by atoms with E-state index < -0.39 is 12.6 Å². The average Bonchev–Trinajstić information content (AvgIpc) is 2.91. The summed E-state index contributed by atoms with van der Waals surface area (Å²) in [6.45, 7) is 7.99. The first kappa shape index (κ1) is 28.8. The molecule has 0 aliphatic carbocycles. The van der Waals surface area contributed by atoms with Gasteiger partial charge in [0.05, 0.1) is 30.8 Å². The number of carbonyl (C=O) groups is 1. The molecular weight excluding hydrogens is 578 g/mol. The molecule has 3 aromatic carbocycles. The van der Waals surface area contributed by atoms with Gasteiger partial charge in [0.1, 0.15) is 5.75 Å². The van der Waals surface area contributed by atoms with E-state index in [2.05, 4.69) is 34.9 Å². The predicted octanol–water partition coefficient (Wildman–Crippen LogP) is 6.01. The maximum Gasteiger partial charge on any atom is 0.341 e. The standard InChI is InChI=1S/C30H30BrN3O6/c1-6-39-25-11-18(4)23(14-22(25)17(2)3)29-33-24-10-8-7-9-21(24)30(37)34(29)32-15-19-12-20(31)13-26(38-5)28(19)40-16-27(35)36/h7-15,17H,6,16H2,1-5H3,(H,35,36). The molecule has 0 spiro atoms. The molecule has 0 amide bonds. The number of para-hydroxylation sites is 1. The molecule has 0 bridgehead atoms. The summed E-state index contributed by atoms with van der Waals surface area (Å²) >= 11 is 3.44. The zero-order chi connectivity index (χ0) is 29.0. The molecule has 10 heteroatoms. The van der Waals surface area contributed by atoms with E-state index in [9.17, 15) is 9.59 Å². The van der Waals surface area contributed by atoms with Crippen molar-refractivity contribution in [3.8, 4) is 28.6 Å². The lowest BCUT2D eigenvalue weighted by Crippen LogP contribution is -2.21. The molecule has 4 aromatic rings. The van der Waals surface area contributed by atoms with E-state index in [1.54, 1.807) is 30.3 Å². The Morgan fingerprint density at radius 2 is 1.90 bits per heavy atom. The predicted molar refractivity (Wildman–Crippen MR) is 158 cm³/mol. The molecule has 0 radical (unpaired) electrons. The van der Waals surface area contributed by atoms with Gasteiger partial charge < -0.3 is 19.3 Å². The van der Waals surface area contributed by atoms with Crippen molar-refractivity contribution < 1.29 is 24.1 Å². The second kappa shape index (κ2) is 12.3. The van der Waals surface area contributed by atoms with Crippen LogP contribution in [0, 0.1) is 6.92 Å². The Bertz CT molecular complexity index is 1660. The molecule has 0 unspecified atom stereocenters. The fourth-order valence-electron chi connectivity index (χ4n) is 4.32. The van der Waals surface area contributed by atoms with Crippen LogP contribution in [-0.4, -0.2) is 47.3 Å². The number of ether oxygens (including phenoxy) is 3. The summed E-state index contributed by atoms with van der Waals surface area (Å²) in [6, 6.07) is 14.4. The van der Waals surface area contributed by atoms with Gasteiger partial charge in [-0.3, -0.25) is 4.79 Å². The highest BCUT2D eigenvalue weighted by Crippen LogP contribution is 2.36. The minimum absolute atomic E-state index is 0.160. The lowest BCUT2D eigenvalue weighted by molar-refractivity contribution is -0.139. The first-order chi connectivity index (χ1) is 19.1. The average molecular weight is 608 g/mol. The Morgan fingerprint density at radius 3 is 2.58 bits per heavy atom. The number of nitrogens with zero attached hydrogens (tertiary/aromatic N) is 3. The van der Waals surface area contributed by atoms with Crippen LogP contribution in [0.5, 0.6) is 17.2 Å². The molecule has 0 atom stereocenters. The molecule has 40 heavy (non-hydrogen) atoms. The molecule has 0 fully saturated rings. The van der Waals surface area contributed by atoms with Crippen molar-refractivity contribution in [1.82, 2.24) is 9.66 Å². The van der Waals surface area contributed by atoms with Crippen LogP contribution in [0.25, 0.3) is 22.3 Å². The maximum absolute atomic E-state index is 13.8. The molecular formula is C30H30BrN3O6. The normalized spacial score (nSPS) is 11.4. The summed E-state index contributed by atoms with van der Waals surface area (Å²) in [7, 11) is 1.45. The number of carboxylic acid groups (broad SMARTS) is 1. The van der Waals surface area contributed by atoms with Crippen LogP contribution >= 0.6 is 15.9 Å². The lowest BCUT2D eigenvalue weighted by Gasteiger charge is -2.18. The molecule has 9 nitrogen and oxygen atoms in total. The van der Waals surface area contributed by atoms with Gasteiger partial charge in [-0.05, 0) is 67.3 Å². The summed E-state index contributed by atoms with van der Waals surface area (Å²) in [5.74, 6) is 0.658. The second-order valence-electron chi connectivity index (χ2n) is 9.32. The van der Waals surface area contributed by atoms with E-state index >= 15 is 0 Å². The third-order valence-electron chi connectivity index (χ3n) is 6.19. The fraction of sp³-hybridized carbons (Fsp3) is 0.267. The SMILES string of the molecule is CCOc1cc(C)c(-c2nc3ccccc3c(=O)n2N=Cc2cc(Br)cc(OC)c2OCC(=O)O)cc1C(C)C. The minimum Gasteiger partial charge on any atom is -0.494 e. The van der Waals surface area contributed by atoms with E-state index in [1.807, 2.05) is 32.0 Å². The van der Waals surface area contributed by atoms with Gasteiger partial charge >= 0.3 is 5.97 Å². The number of aryl methyl sites for hydroxylation is 1. The van der Waals surface area contributed by atoms with Gasteiger partial charge in [-0.25, -0.2) is 9.78 Å². The maximum atomic E-state index is 13.8. The zero-order valence-electron chi connectivity index (χ0n) is 22.9. The minimum atomic E-state index is -1.14. The van der Waals surface area contributed by atoms with Crippen LogP contribution in [0.2, 0.25) is 0 Å². The smallest absolute Gasteiger partial charge is 0.341 e. The Hall–Kier alpha value is -4.18. The van der Waals surface area contributed by atoms with E-state index in [1.165, 1.54) is 18.0 Å². The van der Waals surface area contributed by atoms with Crippen molar-refractivity contribution in [2.24, 2.45) is 5.10 Å². The van der Waals surface area contributed by atoms with Crippen LogP contribution in [0.1, 0.15) is 43.4 Å². The van der Waals surface area contributed by atoms with E-state index in [0.717, 1.165) is 22.4 Å². The van der Waals surface area contributed by atoms with Crippen molar-refractivity contribution in [2.45, 2.75) is 33.6 Å². The van der Waals surface area contributed by atoms with Gasteiger partial charge in [0, 0.05) is 15.6 Å². The Kier molecular flexibility index (Phi) is 8.89. The molecule has 0 aliphatic heterocycles. The number of benzene rings is 3. The van der Waals surface area contributed by atoms with Gasteiger partial charge in [-0.15, -0.1) is 0 Å². The summed E-state index contributed by atoms with van der Waals surface area (Å²) in [5.41, 5.74) is 3.19. The van der Waals surface area contributed by atoms with Crippen LogP contribution < -0.4 is 19.8 Å². The number of hydrogen-bond acceptors (Lipinski definition) is 7. The van der Waals surface area contributed by atoms with E-state index in [4.69, 9.17) is 24.3 Å². The molecule has 208 valence electrons. The van der Waals surface area contributed by atoms with Gasteiger partial charge in [0.2, 0.25) is 0 Å². The number of aliphatic carboxylic acids is 1. The number of hydrogen-bond donors (Lipinski definition) is 1. The third-order valence-corrected chi connectivity index (χ3v) is 6.65. The third kappa shape index (κ3) is 6.02. The highest BCUT2D eigenvalue weighted by Gasteiger charge is 2.19. The first-order valence-electron chi connectivity index (χ1n) is 12.7. The molecule has 0 aliphatic rings. The van der Waals surface area contributed by atoms with Gasteiger partial charge in [-0.2, -0.15) is 9.78 Å². The number of aromatic nitrogens is 2. The van der Waals surface area contributed by atoms with E-state index in [0.29, 0.717) is 39.1 Å². The van der Waals surface area contributed by atoms with Crippen LogP contribution in [0.4, 0.5) is 0 Å². The fourth-order valence-corrected chi connectivity index (χ4v) is 4.78. The number of rotatable bonds is 10. The molecule has 1 heterocycles. The summed E-state index contributed by atoms with van der Waals surface area (Å²) in [5, 5.41) is 14.1. The van der Waals surface area contributed by atoms with Crippen molar-refractivity contribution in [3.05, 3.63) is 80.0 Å². The van der Waals surface area contributed by atoms with Crippen LogP contribution in [-0.2, 0) is 4.79 Å². The zero-order valence-corrected chi connectivity index (χ0v) is 24.5.